The van der Waals surface area contributed by atoms with Crippen molar-refractivity contribution in [1.29, 1.82) is 0 Å². The minimum Gasteiger partial charge on any atom is -0.0991 e. The van der Waals surface area contributed by atoms with Gasteiger partial charge in [0.1, 0.15) is 0 Å². The summed E-state index contributed by atoms with van der Waals surface area (Å²) in [5.74, 6) is 0.616. The molecule has 0 aliphatic carbocycles. The highest BCUT2D eigenvalue weighted by molar-refractivity contribution is 5.24. The normalized spacial score (nSPS) is 15.0. The SMILES string of the molecule is C=C/C=C(\C=C)C(CC)CC(C)(C)C. The fourth-order valence-electron chi connectivity index (χ4n) is 1.74. The van der Waals surface area contributed by atoms with E-state index in [1.54, 1.807) is 0 Å². The van der Waals surface area contributed by atoms with Crippen LogP contribution in [0.1, 0.15) is 40.5 Å². The smallest absolute Gasteiger partial charge is 0.0160 e. The molecule has 0 radical (unpaired) electrons. The third kappa shape index (κ3) is 5.06. The van der Waals surface area contributed by atoms with Gasteiger partial charge in [0, 0.05) is 0 Å². The maximum absolute atomic E-state index is 3.86. The Morgan fingerprint density at radius 3 is 2.14 bits per heavy atom. The van der Waals surface area contributed by atoms with Gasteiger partial charge in [-0.3, -0.25) is 0 Å². The van der Waals surface area contributed by atoms with Crippen LogP contribution in [0, 0.1) is 11.3 Å². The monoisotopic (exact) mass is 192 g/mol. The highest BCUT2D eigenvalue weighted by atomic mass is 14.2. The highest BCUT2D eigenvalue weighted by Gasteiger charge is 2.18. The van der Waals surface area contributed by atoms with Crippen molar-refractivity contribution in [2.45, 2.75) is 40.5 Å². The van der Waals surface area contributed by atoms with Crippen LogP contribution in [-0.2, 0) is 0 Å². The second-order valence-electron chi connectivity index (χ2n) is 4.98. The molecule has 1 unspecified atom stereocenters. The summed E-state index contributed by atoms with van der Waals surface area (Å²) in [5, 5.41) is 0. The molecule has 0 fully saturated rings. The van der Waals surface area contributed by atoms with Gasteiger partial charge >= 0.3 is 0 Å². The fraction of sp³-hybridized carbons (Fsp3) is 0.571. The Hall–Kier alpha value is -0.780. The van der Waals surface area contributed by atoms with Crippen molar-refractivity contribution in [1.82, 2.24) is 0 Å². The van der Waals surface area contributed by atoms with E-state index in [0.717, 1.165) is 0 Å². The Morgan fingerprint density at radius 2 is 1.86 bits per heavy atom. The number of hydrogen-bond donors (Lipinski definition) is 0. The Labute approximate surface area is 89.4 Å². The number of allylic oxidation sites excluding steroid dienone is 4. The van der Waals surface area contributed by atoms with Gasteiger partial charge in [0.15, 0.2) is 0 Å². The lowest BCUT2D eigenvalue weighted by atomic mass is 9.80. The molecular weight excluding hydrogens is 168 g/mol. The molecule has 14 heavy (non-hydrogen) atoms. The van der Waals surface area contributed by atoms with Crippen molar-refractivity contribution >= 4 is 0 Å². The molecule has 0 nitrogen and oxygen atoms in total. The highest BCUT2D eigenvalue weighted by Crippen LogP contribution is 2.31. The minimum atomic E-state index is 0.379. The van der Waals surface area contributed by atoms with Gasteiger partial charge in [-0.25, -0.2) is 0 Å². The van der Waals surface area contributed by atoms with E-state index in [0.29, 0.717) is 11.3 Å². The van der Waals surface area contributed by atoms with Crippen molar-refractivity contribution in [3.05, 3.63) is 37.0 Å². The lowest BCUT2D eigenvalue weighted by molar-refractivity contribution is 0.315. The predicted molar refractivity (Wildman–Crippen MR) is 66.3 cm³/mol. The Kier molecular flexibility index (Phi) is 5.52. The van der Waals surface area contributed by atoms with E-state index in [1.165, 1.54) is 18.4 Å². The molecule has 0 heterocycles. The maximum Gasteiger partial charge on any atom is -0.0160 e. The fourth-order valence-corrected chi connectivity index (χ4v) is 1.74. The third-order valence-electron chi connectivity index (χ3n) is 2.37. The van der Waals surface area contributed by atoms with Gasteiger partial charge in [0.05, 0.1) is 0 Å². The van der Waals surface area contributed by atoms with Gasteiger partial charge in [-0.15, -0.1) is 0 Å². The van der Waals surface area contributed by atoms with E-state index < -0.39 is 0 Å². The summed E-state index contributed by atoms with van der Waals surface area (Å²) in [4.78, 5) is 0. The van der Waals surface area contributed by atoms with Crippen molar-refractivity contribution in [3.63, 3.8) is 0 Å². The van der Waals surface area contributed by atoms with Crippen LogP contribution >= 0.6 is 0 Å². The summed E-state index contributed by atoms with van der Waals surface area (Å²) in [6.45, 7) is 16.7. The average Bonchev–Trinajstić information content (AvgIpc) is 2.09. The summed E-state index contributed by atoms with van der Waals surface area (Å²) in [7, 11) is 0. The number of hydrogen-bond acceptors (Lipinski definition) is 0. The zero-order valence-corrected chi connectivity index (χ0v) is 10.1. The first-order chi connectivity index (χ1) is 6.44. The molecule has 0 heteroatoms. The minimum absolute atomic E-state index is 0.379. The van der Waals surface area contributed by atoms with Crippen molar-refractivity contribution in [2.75, 3.05) is 0 Å². The lowest BCUT2D eigenvalue weighted by Crippen LogP contribution is -2.14. The molecule has 0 aliphatic heterocycles. The zero-order valence-electron chi connectivity index (χ0n) is 10.1. The van der Waals surface area contributed by atoms with Crippen LogP contribution < -0.4 is 0 Å². The molecule has 0 saturated heterocycles. The maximum atomic E-state index is 3.86. The van der Waals surface area contributed by atoms with E-state index >= 15 is 0 Å². The summed E-state index contributed by atoms with van der Waals surface area (Å²) in [6, 6.07) is 0. The molecule has 0 aromatic rings. The third-order valence-corrected chi connectivity index (χ3v) is 2.37. The molecule has 0 aliphatic rings. The van der Waals surface area contributed by atoms with Gasteiger partial charge in [-0.05, 0) is 29.7 Å². The van der Waals surface area contributed by atoms with Crippen LogP contribution in [0.3, 0.4) is 0 Å². The summed E-state index contributed by atoms with van der Waals surface area (Å²) >= 11 is 0. The topological polar surface area (TPSA) is 0 Å². The van der Waals surface area contributed by atoms with Gasteiger partial charge in [-0.1, -0.05) is 59.1 Å². The van der Waals surface area contributed by atoms with Gasteiger partial charge in [0.25, 0.3) is 0 Å². The van der Waals surface area contributed by atoms with Crippen LogP contribution in [0.25, 0.3) is 0 Å². The van der Waals surface area contributed by atoms with E-state index in [-0.39, 0.29) is 0 Å². The van der Waals surface area contributed by atoms with E-state index in [4.69, 9.17) is 0 Å². The van der Waals surface area contributed by atoms with Gasteiger partial charge < -0.3 is 0 Å². The second-order valence-corrected chi connectivity index (χ2v) is 4.98. The molecule has 0 bridgehead atoms. The average molecular weight is 192 g/mol. The van der Waals surface area contributed by atoms with Crippen LogP contribution in [0.5, 0.6) is 0 Å². The predicted octanol–water partition coefficient (Wildman–Crippen LogP) is 4.75. The first-order valence-electron chi connectivity index (χ1n) is 5.39. The first kappa shape index (κ1) is 13.2. The molecule has 0 saturated carbocycles. The van der Waals surface area contributed by atoms with Gasteiger partial charge in [-0.2, -0.15) is 0 Å². The lowest BCUT2D eigenvalue weighted by Gasteiger charge is -2.26. The summed E-state index contributed by atoms with van der Waals surface area (Å²) in [5.41, 5.74) is 1.70. The molecule has 0 amide bonds. The molecule has 0 aromatic carbocycles. The quantitative estimate of drug-likeness (QED) is 0.551. The molecule has 0 spiro atoms. The second kappa shape index (κ2) is 5.85. The first-order valence-corrected chi connectivity index (χ1v) is 5.39. The largest absolute Gasteiger partial charge is 0.0991 e. The van der Waals surface area contributed by atoms with E-state index in [9.17, 15) is 0 Å². The zero-order chi connectivity index (χ0) is 11.2. The Balaban J connectivity index is 4.61. The van der Waals surface area contributed by atoms with Crippen molar-refractivity contribution < 1.29 is 0 Å². The molecular formula is C14H24. The number of rotatable bonds is 5. The Morgan fingerprint density at radius 1 is 1.29 bits per heavy atom. The van der Waals surface area contributed by atoms with Crippen LogP contribution in [-0.4, -0.2) is 0 Å². The van der Waals surface area contributed by atoms with Crippen LogP contribution in [0.4, 0.5) is 0 Å². The van der Waals surface area contributed by atoms with Crippen LogP contribution in [0.2, 0.25) is 0 Å². The molecule has 0 rings (SSSR count). The molecule has 0 aromatic heterocycles. The molecule has 0 N–H and O–H groups in total. The van der Waals surface area contributed by atoms with Crippen molar-refractivity contribution in [2.24, 2.45) is 11.3 Å². The standard InChI is InChI=1S/C14H24/c1-7-10-12(8-2)13(9-3)11-14(4,5)6/h7-8,10,13H,1-2,9,11H2,3-6H3/b12-10+. The summed E-state index contributed by atoms with van der Waals surface area (Å²) in [6.07, 6.45) is 8.26. The summed E-state index contributed by atoms with van der Waals surface area (Å²) < 4.78 is 0. The Bertz CT molecular complexity index is 213. The van der Waals surface area contributed by atoms with E-state index in [2.05, 4.69) is 46.9 Å². The van der Waals surface area contributed by atoms with E-state index in [1.807, 2.05) is 12.2 Å². The molecule has 80 valence electrons. The van der Waals surface area contributed by atoms with Crippen molar-refractivity contribution in [3.8, 4) is 0 Å². The van der Waals surface area contributed by atoms with Gasteiger partial charge in [0.2, 0.25) is 0 Å². The molecule has 1 atom stereocenters. The van der Waals surface area contributed by atoms with Crippen LogP contribution in [0.15, 0.2) is 37.0 Å².